The number of carbonyl (C=O) groups excluding carboxylic acids is 2. The van der Waals surface area contributed by atoms with E-state index in [1.807, 2.05) is 41.5 Å². The van der Waals surface area contributed by atoms with E-state index < -0.39 is 17.2 Å². The highest BCUT2D eigenvalue weighted by Gasteiger charge is 2.26. The lowest BCUT2D eigenvalue weighted by molar-refractivity contribution is -0.117. The number of hydrogen-bond donors (Lipinski definition) is 3. The summed E-state index contributed by atoms with van der Waals surface area (Å²) in [5.74, 6) is -0.179. The van der Waals surface area contributed by atoms with Gasteiger partial charge in [-0.1, -0.05) is 11.6 Å². The molecule has 1 aliphatic heterocycles. The standard InChI is InChI=1S/C25H30N8O5/c1-5-33-20-21(30(3)25(37)29-22(20)35)28-24(33)32-10-8-31(9-11-32)13-17(34)27-18-15-12-14(2)6-7-16(15)26-19(18)23(36)38-4/h6-7,12,26H,5,8-11,13H2,1-4H3,(H,27,34)(H,29,35,37). The maximum absolute atomic E-state index is 13.0. The smallest absolute Gasteiger partial charge is 0.356 e. The average Bonchev–Trinajstić information content (AvgIpc) is 3.46. The van der Waals surface area contributed by atoms with E-state index in [-0.39, 0.29) is 18.1 Å². The van der Waals surface area contributed by atoms with Gasteiger partial charge in [0.1, 0.15) is 5.69 Å². The number of aryl methyl sites for hydroxylation is 3. The van der Waals surface area contributed by atoms with Crippen LogP contribution in [0.3, 0.4) is 0 Å². The van der Waals surface area contributed by atoms with Crippen molar-refractivity contribution < 1.29 is 14.3 Å². The molecule has 0 unspecified atom stereocenters. The molecule has 1 aliphatic rings. The number of nitrogens with one attached hydrogen (secondary N) is 3. The summed E-state index contributed by atoms with van der Waals surface area (Å²) in [4.78, 5) is 64.0. The van der Waals surface area contributed by atoms with Crippen LogP contribution in [0.1, 0.15) is 23.0 Å². The largest absolute Gasteiger partial charge is 0.464 e. The first-order valence-corrected chi connectivity index (χ1v) is 12.4. The SMILES string of the molecule is CCn1c(N2CCN(CC(=O)Nc3c(C(=O)OC)[nH]c4ccc(C)cc34)CC2)nc2c1c(=O)[nH]c(=O)n2C. The number of carbonyl (C=O) groups is 2. The Labute approximate surface area is 217 Å². The summed E-state index contributed by atoms with van der Waals surface area (Å²) in [6.45, 7) is 6.87. The lowest BCUT2D eigenvalue weighted by Gasteiger charge is -2.35. The molecule has 0 spiro atoms. The highest BCUT2D eigenvalue weighted by molar-refractivity contribution is 6.11. The van der Waals surface area contributed by atoms with Crippen molar-refractivity contribution in [3.63, 3.8) is 0 Å². The van der Waals surface area contributed by atoms with Crippen molar-refractivity contribution in [3.8, 4) is 0 Å². The number of amides is 1. The highest BCUT2D eigenvalue weighted by Crippen LogP contribution is 2.29. The summed E-state index contributed by atoms with van der Waals surface area (Å²) >= 11 is 0. The highest BCUT2D eigenvalue weighted by atomic mass is 16.5. The number of methoxy groups -OCH3 is 1. The summed E-state index contributed by atoms with van der Waals surface area (Å²) in [6, 6.07) is 5.70. The summed E-state index contributed by atoms with van der Waals surface area (Å²) in [7, 11) is 2.88. The van der Waals surface area contributed by atoms with E-state index in [0.717, 1.165) is 16.5 Å². The molecule has 1 amide bonds. The number of nitrogens with zero attached hydrogens (tertiary/aromatic N) is 5. The Bertz CT molecular complexity index is 1670. The van der Waals surface area contributed by atoms with Crippen LogP contribution < -0.4 is 21.5 Å². The van der Waals surface area contributed by atoms with Crippen molar-refractivity contribution in [2.45, 2.75) is 20.4 Å². The molecule has 1 saturated heterocycles. The lowest BCUT2D eigenvalue weighted by atomic mass is 10.1. The number of anilines is 2. The Balaban J connectivity index is 1.31. The zero-order valence-electron chi connectivity index (χ0n) is 21.8. The van der Waals surface area contributed by atoms with E-state index >= 15 is 0 Å². The first-order valence-electron chi connectivity index (χ1n) is 12.4. The van der Waals surface area contributed by atoms with Gasteiger partial charge in [0.05, 0.1) is 19.3 Å². The molecular formula is C25H30N8O5. The van der Waals surface area contributed by atoms with Gasteiger partial charge in [-0.3, -0.25) is 24.0 Å². The fourth-order valence-corrected chi connectivity index (χ4v) is 4.94. The molecule has 4 aromatic rings. The van der Waals surface area contributed by atoms with Crippen molar-refractivity contribution in [1.82, 2.24) is 29.0 Å². The molecule has 5 rings (SSSR count). The zero-order chi connectivity index (χ0) is 27.1. The van der Waals surface area contributed by atoms with Crippen LogP contribution >= 0.6 is 0 Å². The molecule has 13 nitrogen and oxygen atoms in total. The van der Waals surface area contributed by atoms with E-state index in [2.05, 4.69) is 25.2 Å². The van der Waals surface area contributed by atoms with Crippen LogP contribution in [0.5, 0.6) is 0 Å². The molecule has 13 heteroatoms. The minimum Gasteiger partial charge on any atom is -0.464 e. The van der Waals surface area contributed by atoms with E-state index in [1.54, 1.807) is 7.05 Å². The maximum atomic E-state index is 13.0. The van der Waals surface area contributed by atoms with Gasteiger partial charge >= 0.3 is 11.7 Å². The second-order valence-corrected chi connectivity index (χ2v) is 9.37. The Morgan fingerprint density at radius 2 is 1.87 bits per heavy atom. The molecule has 1 aromatic carbocycles. The van der Waals surface area contributed by atoms with Crippen LogP contribution in [0.15, 0.2) is 27.8 Å². The average molecular weight is 523 g/mol. The number of ether oxygens (including phenoxy) is 1. The van der Waals surface area contributed by atoms with Crippen LogP contribution in [-0.4, -0.2) is 80.7 Å². The van der Waals surface area contributed by atoms with Gasteiger partial charge < -0.3 is 24.5 Å². The summed E-state index contributed by atoms with van der Waals surface area (Å²) in [5, 5.41) is 3.65. The van der Waals surface area contributed by atoms with Gasteiger partial charge in [-0.05, 0) is 26.0 Å². The Hall–Kier alpha value is -4.39. The van der Waals surface area contributed by atoms with E-state index in [0.29, 0.717) is 55.5 Å². The quantitative estimate of drug-likeness (QED) is 0.315. The molecule has 200 valence electrons. The molecule has 0 atom stereocenters. The molecule has 0 saturated carbocycles. The normalized spacial score (nSPS) is 14.4. The van der Waals surface area contributed by atoms with Crippen molar-refractivity contribution in [3.05, 3.63) is 50.3 Å². The molecule has 4 heterocycles. The minimum atomic E-state index is -0.557. The Morgan fingerprint density at radius 1 is 1.13 bits per heavy atom. The number of rotatable bonds is 6. The maximum Gasteiger partial charge on any atom is 0.356 e. The number of imidazole rings is 1. The number of H-pyrrole nitrogens is 2. The molecule has 3 aromatic heterocycles. The first-order chi connectivity index (χ1) is 18.2. The van der Waals surface area contributed by atoms with Gasteiger partial charge in [0.2, 0.25) is 11.9 Å². The van der Waals surface area contributed by atoms with Crippen molar-refractivity contribution >= 4 is 45.6 Å². The van der Waals surface area contributed by atoms with E-state index in [4.69, 9.17) is 4.74 Å². The third-order valence-electron chi connectivity index (χ3n) is 6.93. The van der Waals surface area contributed by atoms with Crippen LogP contribution in [0, 0.1) is 6.92 Å². The second-order valence-electron chi connectivity index (χ2n) is 9.37. The molecule has 1 fully saturated rings. The Kier molecular flexibility index (Phi) is 6.53. The van der Waals surface area contributed by atoms with Crippen LogP contribution in [-0.2, 0) is 23.1 Å². The molecule has 0 aliphatic carbocycles. The number of benzene rings is 1. The summed E-state index contributed by atoms with van der Waals surface area (Å²) in [5.41, 5.74) is 2.08. The monoisotopic (exact) mass is 522 g/mol. The topological polar surface area (TPSA) is 150 Å². The Morgan fingerprint density at radius 3 is 2.55 bits per heavy atom. The predicted molar refractivity (Wildman–Crippen MR) is 143 cm³/mol. The van der Waals surface area contributed by atoms with E-state index in [9.17, 15) is 19.2 Å². The molecule has 0 bridgehead atoms. The van der Waals surface area contributed by atoms with Crippen LogP contribution in [0.2, 0.25) is 0 Å². The van der Waals surface area contributed by atoms with Gasteiger partial charge in [0, 0.05) is 50.7 Å². The van der Waals surface area contributed by atoms with Crippen LogP contribution in [0.4, 0.5) is 11.6 Å². The number of aromatic nitrogens is 5. The van der Waals surface area contributed by atoms with Crippen molar-refractivity contribution in [1.29, 1.82) is 0 Å². The van der Waals surface area contributed by atoms with Gasteiger partial charge in [-0.15, -0.1) is 0 Å². The molecule has 0 radical (unpaired) electrons. The zero-order valence-corrected chi connectivity index (χ0v) is 21.8. The molecule has 3 N–H and O–H groups in total. The predicted octanol–water partition coefficient (Wildman–Crippen LogP) is 0.780. The number of esters is 1. The molecular weight excluding hydrogens is 492 g/mol. The summed E-state index contributed by atoms with van der Waals surface area (Å²) < 4.78 is 8.04. The second kappa shape index (κ2) is 9.82. The van der Waals surface area contributed by atoms with Gasteiger partial charge in [0.15, 0.2) is 11.2 Å². The number of piperazine rings is 1. The van der Waals surface area contributed by atoms with Gasteiger partial charge in [0.25, 0.3) is 5.56 Å². The van der Waals surface area contributed by atoms with Gasteiger partial charge in [-0.25, -0.2) is 9.59 Å². The van der Waals surface area contributed by atoms with Crippen molar-refractivity contribution in [2.24, 2.45) is 7.05 Å². The number of hydrogen-bond acceptors (Lipinski definition) is 8. The minimum absolute atomic E-state index is 0.144. The fourth-order valence-electron chi connectivity index (χ4n) is 4.94. The van der Waals surface area contributed by atoms with Crippen molar-refractivity contribution in [2.75, 3.05) is 50.1 Å². The first kappa shape index (κ1) is 25.3. The van der Waals surface area contributed by atoms with Gasteiger partial charge in [-0.2, -0.15) is 4.98 Å². The third-order valence-corrected chi connectivity index (χ3v) is 6.93. The number of aromatic amines is 2. The number of fused-ring (bicyclic) bond motifs is 2. The van der Waals surface area contributed by atoms with E-state index in [1.165, 1.54) is 11.7 Å². The fraction of sp³-hybridized carbons (Fsp3) is 0.400. The van der Waals surface area contributed by atoms with Crippen LogP contribution in [0.25, 0.3) is 22.1 Å². The lowest BCUT2D eigenvalue weighted by Crippen LogP contribution is -2.49. The summed E-state index contributed by atoms with van der Waals surface area (Å²) in [6.07, 6.45) is 0. The molecule has 38 heavy (non-hydrogen) atoms. The third kappa shape index (κ3) is 4.34.